The van der Waals surface area contributed by atoms with Crippen molar-refractivity contribution in [3.05, 3.63) is 59.7 Å². The quantitative estimate of drug-likeness (QED) is 0.568. The number of carbonyl (C=O) groups is 3. The molecule has 33 heavy (non-hydrogen) atoms. The number of nitrogens with one attached hydrogen (secondary N) is 2. The van der Waals surface area contributed by atoms with Gasteiger partial charge in [-0.3, -0.25) is 4.79 Å². The zero-order chi connectivity index (χ0) is 23.4. The summed E-state index contributed by atoms with van der Waals surface area (Å²) < 4.78 is 10.7. The number of amides is 2. The molecule has 2 aromatic rings. The largest absolute Gasteiger partial charge is 0.479 e. The Morgan fingerprint density at radius 3 is 2.33 bits per heavy atom. The van der Waals surface area contributed by atoms with Crippen LogP contribution in [0.3, 0.4) is 0 Å². The summed E-state index contributed by atoms with van der Waals surface area (Å²) in [5.74, 6) is -1.76. The van der Waals surface area contributed by atoms with Crippen LogP contribution in [0, 0.1) is 5.92 Å². The van der Waals surface area contributed by atoms with Gasteiger partial charge < -0.3 is 25.2 Å². The number of carboxylic acids is 1. The lowest BCUT2D eigenvalue weighted by molar-refractivity contribution is -0.149. The van der Waals surface area contributed by atoms with Crippen molar-refractivity contribution in [1.82, 2.24) is 10.6 Å². The number of carbonyl (C=O) groups excluding carboxylic acids is 2. The normalized spacial score (nSPS) is 19.9. The molecule has 2 aromatic carbocycles. The topological polar surface area (TPSA) is 114 Å². The number of aliphatic carboxylic acids is 1. The van der Waals surface area contributed by atoms with Gasteiger partial charge in [-0.25, -0.2) is 9.59 Å². The molecule has 4 rings (SSSR count). The Kier molecular flexibility index (Phi) is 6.93. The number of hydrogen-bond acceptors (Lipinski definition) is 5. The van der Waals surface area contributed by atoms with Gasteiger partial charge in [-0.05, 0) is 35.1 Å². The maximum absolute atomic E-state index is 12.6. The molecule has 2 aliphatic rings. The van der Waals surface area contributed by atoms with Crippen LogP contribution < -0.4 is 10.6 Å². The number of benzene rings is 2. The van der Waals surface area contributed by atoms with E-state index in [2.05, 4.69) is 22.8 Å². The minimum atomic E-state index is -1.03. The number of hydrogen-bond donors (Lipinski definition) is 3. The molecule has 3 atom stereocenters. The standard InChI is InChI=1S/C25H28N2O6/c1-2-21(23(28)26-13-15-11-12-32-22(15)24(29)30)27-25(31)33-14-20-18-9-5-3-7-16(18)17-8-4-6-10-19(17)20/h3-10,15,20-22H,2,11-14H2,1H3,(H,26,28)(H,27,31)(H,29,30)/t15?,21-,22?/m1/s1. The lowest BCUT2D eigenvalue weighted by atomic mass is 9.98. The smallest absolute Gasteiger partial charge is 0.407 e. The third kappa shape index (κ3) is 4.85. The van der Waals surface area contributed by atoms with E-state index in [4.69, 9.17) is 9.47 Å². The second kappa shape index (κ2) is 10.0. The molecule has 0 radical (unpaired) electrons. The molecule has 1 aliphatic heterocycles. The predicted molar refractivity (Wildman–Crippen MR) is 121 cm³/mol. The van der Waals surface area contributed by atoms with E-state index < -0.39 is 24.2 Å². The van der Waals surface area contributed by atoms with Crippen molar-refractivity contribution in [3.8, 4) is 11.1 Å². The molecule has 0 spiro atoms. The molecule has 0 aromatic heterocycles. The molecule has 0 bridgehead atoms. The lowest BCUT2D eigenvalue weighted by Crippen LogP contribution is -2.48. The molecule has 8 nitrogen and oxygen atoms in total. The Labute approximate surface area is 192 Å². The second-order valence-electron chi connectivity index (χ2n) is 8.35. The molecular weight excluding hydrogens is 424 g/mol. The lowest BCUT2D eigenvalue weighted by Gasteiger charge is -2.20. The molecule has 2 amide bonds. The van der Waals surface area contributed by atoms with Crippen LogP contribution >= 0.6 is 0 Å². The summed E-state index contributed by atoms with van der Waals surface area (Å²) in [6, 6.07) is 15.4. The molecular formula is C25H28N2O6. The average Bonchev–Trinajstić information content (AvgIpc) is 3.42. The summed E-state index contributed by atoms with van der Waals surface area (Å²) in [5, 5.41) is 14.5. The van der Waals surface area contributed by atoms with Crippen LogP contribution in [0.2, 0.25) is 0 Å². The predicted octanol–water partition coefficient (Wildman–Crippen LogP) is 2.91. The molecule has 3 N–H and O–H groups in total. The Morgan fingerprint density at radius 2 is 1.73 bits per heavy atom. The molecule has 1 aliphatic carbocycles. The number of ether oxygens (including phenoxy) is 2. The number of carboxylic acid groups (broad SMARTS) is 1. The van der Waals surface area contributed by atoms with Gasteiger partial charge in [-0.15, -0.1) is 0 Å². The van der Waals surface area contributed by atoms with Crippen molar-refractivity contribution in [2.24, 2.45) is 5.92 Å². The number of fused-ring (bicyclic) bond motifs is 3. The highest BCUT2D eigenvalue weighted by molar-refractivity contribution is 5.85. The average molecular weight is 453 g/mol. The van der Waals surface area contributed by atoms with E-state index in [9.17, 15) is 19.5 Å². The Bertz CT molecular complexity index is 994. The zero-order valence-electron chi connectivity index (χ0n) is 18.5. The van der Waals surface area contributed by atoms with E-state index >= 15 is 0 Å². The van der Waals surface area contributed by atoms with E-state index in [1.165, 1.54) is 0 Å². The first kappa shape index (κ1) is 22.8. The van der Waals surface area contributed by atoms with E-state index in [0.29, 0.717) is 19.4 Å². The maximum atomic E-state index is 12.6. The maximum Gasteiger partial charge on any atom is 0.407 e. The van der Waals surface area contributed by atoms with E-state index in [1.54, 1.807) is 6.92 Å². The summed E-state index contributed by atoms with van der Waals surface area (Å²) in [4.78, 5) is 36.3. The van der Waals surface area contributed by atoms with E-state index in [1.807, 2.05) is 36.4 Å². The zero-order valence-corrected chi connectivity index (χ0v) is 18.5. The SMILES string of the molecule is CC[C@@H](NC(=O)OCC1c2ccccc2-c2ccccc21)C(=O)NCC1CCOC1C(=O)O. The molecule has 1 heterocycles. The fraction of sp³-hybridized carbons (Fsp3) is 0.400. The molecule has 0 saturated carbocycles. The Hall–Kier alpha value is -3.39. The molecule has 1 fully saturated rings. The number of alkyl carbamates (subject to hydrolysis) is 1. The van der Waals surface area contributed by atoms with Crippen LogP contribution in [0.1, 0.15) is 36.8 Å². The second-order valence-corrected chi connectivity index (χ2v) is 8.35. The van der Waals surface area contributed by atoms with Crippen molar-refractivity contribution in [3.63, 3.8) is 0 Å². The van der Waals surface area contributed by atoms with Gasteiger partial charge in [0.2, 0.25) is 5.91 Å². The first-order valence-corrected chi connectivity index (χ1v) is 11.2. The molecule has 8 heteroatoms. The van der Waals surface area contributed by atoms with Gasteiger partial charge >= 0.3 is 12.1 Å². The van der Waals surface area contributed by atoms with Crippen molar-refractivity contribution >= 4 is 18.0 Å². The van der Waals surface area contributed by atoms with Crippen molar-refractivity contribution in [1.29, 1.82) is 0 Å². The van der Waals surface area contributed by atoms with Gasteiger partial charge in [0.05, 0.1) is 0 Å². The van der Waals surface area contributed by atoms with Crippen LogP contribution in [-0.4, -0.2) is 55.0 Å². The fourth-order valence-electron chi connectivity index (χ4n) is 4.61. The van der Waals surface area contributed by atoms with Gasteiger partial charge in [-0.1, -0.05) is 55.5 Å². The Morgan fingerprint density at radius 1 is 1.09 bits per heavy atom. The first-order chi connectivity index (χ1) is 16.0. The molecule has 1 saturated heterocycles. The van der Waals surface area contributed by atoms with Gasteiger partial charge in [0, 0.05) is 25.0 Å². The van der Waals surface area contributed by atoms with E-state index in [0.717, 1.165) is 22.3 Å². The summed E-state index contributed by atoms with van der Waals surface area (Å²) in [6.45, 7) is 2.48. The van der Waals surface area contributed by atoms with Crippen LogP contribution in [-0.2, 0) is 19.1 Å². The minimum Gasteiger partial charge on any atom is -0.479 e. The fourth-order valence-corrected chi connectivity index (χ4v) is 4.61. The Balaban J connectivity index is 1.32. The van der Waals surface area contributed by atoms with Crippen LogP contribution in [0.15, 0.2) is 48.5 Å². The van der Waals surface area contributed by atoms with Crippen LogP contribution in [0.4, 0.5) is 4.79 Å². The molecule has 2 unspecified atom stereocenters. The summed E-state index contributed by atoms with van der Waals surface area (Å²) in [7, 11) is 0. The van der Waals surface area contributed by atoms with Gasteiger partial charge in [0.25, 0.3) is 0 Å². The monoisotopic (exact) mass is 452 g/mol. The minimum absolute atomic E-state index is 0.0626. The highest BCUT2D eigenvalue weighted by Crippen LogP contribution is 2.44. The summed E-state index contributed by atoms with van der Waals surface area (Å²) in [5.41, 5.74) is 4.51. The molecule has 174 valence electrons. The summed E-state index contributed by atoms with van der Waals surface area (Å²) in [6.07, 6.45) is -0.639. The number of rotatable bonds is 8. The van der Waals surface area contributed by atoms with Crippen molar-refractivity contribution < 1.29 is 29.0 Å². The van der Waals surface area contributed by atoms with Gasteiger partial charge in [-0.2, -0.15) is 0 Å². The van der Waals surface area contributed by atoms with Crippen LogP contribution in [0.25, 0.3) is 11.1 Å². The van der Waals surface area contributed by atoms with Crippen LogP contribution in [0.5, 0.6) is 0 Å². The van der Waals surface area contributed by atoms with Crippen molar-refractivity contribution in [2.45, 2.75) is 37.8 Å². The highest BCUT2D eigenvalue weighted by Gasteiger charge is 2.35. The third-order valence-corrected chi connectivity index (χ3v) is 6.36. The first-order valence-electron chi connectivity index (χ1n) is 11.2. The van der Waals surface area contributed by atoms with E-state index in [-0.39, 0.29) is 30.9 Å². The third-order valence-electron chi connectivity index (χ3n) is 6.36. The summed E-state index contributed by atoms with van der Waals surface area (Å²) >= 11 is 0. The highest BCUT2D eigenvalue weighted by atomic mass is 16.5. The van der Waals surface area contributed by atoms with Crippen molar-refractivity contribution in [2.75, 3.05) is 19.8 Å². The van der Waals surface area contributed by atoms with Gasteiger partial charge in [0.15, 0.2) is 6.10 Å². The van der Waals surface area contributed by atoms with Gasteiger partial charge in [0.1, 0.15) is 12.6 Å².